The summed E-state index contributed by atoms with van der Waals surface area (Å²) in [5.74, 6) is 2.26. The summed E-state index contributed by atoms with van der Waals surface area (Å²) in [6.45, 7) is 14.0. The van der Waals surface area contributed by atoms with E-state index < -0.39 is 0 Å². The molecule has 1 amide bonds. The van der Waals surface area contributed by atoms with Gasteiger partial charge in [0.05, 0.1) is 0 Å². The number of nitrogens with zero attached hydrogens (tertiary/aromatic N) is 4. The number of carbonyl (C=O) groups is 1. The largest absolute Gasteiger partial charge is 0.359 e. The molecule has 0 aromatic rings. The van der Waals surface area contributed by atoms with Gasteiger partial charge in [-0.25, -0.2) is 0 Å². The van der Waals surface area contributed by atoms with Crippen LogP contribution in [-0.2, 0) is 4.79 Å². The van der Waals surface area contributed by atoms with Gasteiger partial charge in [0.25, 0.3) is 0 Å². The number of piperidine rings is 1. The highest BCUT2D eigenvalue weighted by molar-refractivity contribution is 5.80. The summed E-state index contributed by atoms with van der Waals surface area (Å²) in [6, 6.07) is 0. The molecule has 27 heavy (non-hydrogen) atoms. The Kier molecular flexibility index (Phi) is 9.34. The zero-order valence-corrected chi connectivity index (χ0v) is 17.8. The number of amides is 1. The first-order valence-electron chi connectivity index (χ1n) is 10.7. The van der Waals surface area contributed by atoms with Crippen molar-refractivity contribution < 1.29 is 4.79 Å². The van der Waals surface area contributed by atoms with Crippen LogP contribution in [0, 0.1) is 11.8 Å². The fraction of sp³-hybridized carbons (Fsp3) is 0.900. The number of guanidine groups is 1. The Balaban J connectivity index is 1.79. The van der Waals surface area contributed by atoms with Crippen molar-refractivity contribution in [2.45, 2.75) is 33.1 Å². The molecule has 2 N–H and O–H groups in total. The molecule has 7 nitrogen and oxygen atoms in total. The average Bonchev–Trinajstić information content (AvgIpc) is 2.67. The van der Waals surface area contributed by atoms with E-state index >= 15 is 0 Å². The van der Waals surface area contributed by atoms with Gasteiger partial charge < -0.3 is 25.3 Å². The molecule has 2 aliphatic heterocycles. The predicted molar refractivity (Wildman–Crippen MR) is 112 cm³/mol. The third kappa shape index (κ3) is 7.66. The Morgan fingerprint density at radius 3 is 2.41 bits per heavy atom. The number of hydrogen-bond donors (Lipinski definition) is 2. The van der Waals surface area contributed by atoms with Gasteiger partial charge in [-0.15, -0.1) is 0 Å². The summed E-state index contributed by atoms with van der Waals surface area (Å²) in [7, 11) is 3.92. The van der Waals surface area contributed by atoms with E-state index in [0.29, 0.717) is 18.3 Å². The molecule has 2 saturated heterocycles. The fourth-order valence-corrected chi connectivity index (χ4v) is 3.91. The summed E-state index contributed by atoms with van der Waals surface area (Å²) >= 11 is 0. The first-order chi connectivity index (χ1) is 13.0. The zero-order valence-electron chi connectivity index (χ0n) is 17.8. The van der Waals surface area contributed by atoms with Crippen molar-refractivity contribution in [3.63, 3.8) is 0 Å². The summed E-state index contributed by atoms with van der Waals surface area (Å²) in [6.07, 6.45) is 2.78. The van der Waals surface area contributed by atoms with Crippen LogP contribution in [0.4, 0.5) is 0 Å². The Hall–Kier alpha value is -1.34. The number of nitrogens with one attached hydrogen (secondary N) is 2. The molecule has 1 unspecified atom stereocenters. The highest BCUT2D eigenvalue weighted by Gasteiger charge is 2.23. The number of carbonyl (C=O) groups excluding carboxylic acids is 1. The molecule has 0 aromatic carbocycles. The van der Waals surface area contributed by atoms with Crippen LogP contribution in [-0.4, -0.2) is 99.6 Å². The van der Waals surface area contributed by atoms with Crippen molar-refractivity contribution in [3.8, 4) is 0 Å². The van der Waals surface area contributed by atoms with E-state index in [2.05, 4.69) is 46.2 Å². The molecule has 2 fully saturated rings. The molecule has 0 saturated carbocycles. The van der Waals surface area contributed by atoms with Crippen LogP contribution in [0.1, 0.15) is 33.1 Å². The maximum absolute atomic E-state index is 11.6. The van der Waals surface area contributed by atoms with E-state index in [0.717, 1.165) is 51.5 Å². The van der Waals surface area contributed by atoms with Gasteiger partial charge >= 0.3 is 0 Å². The molecule has 0 aliphatic carbocycles. The van der Waals surface area contributed by atoms with Gasteiger partial charge in [0.2, 0.25) is 5.91 Å². The molecule has 7 heteroatoms. The molecule has 2 rings (SSSR count). The molecule has 0 aromatic heterocycles. The van der Waals surface area contributed by atoms with E-state index in [1.54, 1.807) is 7.05 Å². The van der Waals surface area contributed by atoms with Crippen LogP contribution in [0.3, 0.4) is 0 Å². The second-order valence-corrected chi connectivity index (χ2v) is 8.21. The Labute approximate surface area is 165 Å². The van der Waals surface area contributed by atoms with Gasteiger partial charge in [-0.2, -0.15) is 0 Å². The molecule has 156 valence electrons. The molecule has 2 aliphatic rings. The smallest absolute Gasteiger partial charge is 0.220 e. The van der Waals surface area contributed by atoms with E-state index in [-0.39, 0.29) is 5.91 Å². The minimum Gasteiger partial charge on any atom is -0.359 e. The summed E-state index contributed by atoms with van der Waals surface area (Å²) < 4.78 is 0. The van der Waals surface area contributed by atoms with Crippen molar-refractivity contribution >= 4 is 11.9 Å². The topological polar surface area (TPSA) is 63.2 Å². The second kappa shape index (κ2) is 11.5. The van der Waals surface area contributed by atoms with Crippen molar-refractivity contribution in [1.29, 1.82) is 0 Å². The Morgan fingerprint density at radius 2 is 1.81 bits per heavy atom. The molecular weight excluding hydrogens is 340 g/mol. The number of hydrogen-bond acceptors (Lipinski definition) is 4. The minimum absolute atomic E-state index is 0.159. The molecule has 0 spiro atoms. The molecular formula is C20H40N6O. The predicted octanol–water partition coefficient (Wildman–Crippen LogP) is 0.684. The molecule has 1 atom stereocenters. The monoisotopic (exact) mass is 380 g/mol. The van der Waals surface area contributed by atoms with Crippen molar-refractivity contribution in [2.75, 3.05) is 73.0 Å². The molecule has 0 radical (unpaired) electrons. The maximum atomic E-state index is 11.6. The lowest BCUT2D eigenvalue weighted by atomic mass is 9.93. The van der Waals surface area contributed by atoms with E-state index in [4.69, 9.17) is 4.99 Å². The van der Waals surface area contributed by atoms with Crippen LogP contribution in [0.15, 0.2) is 4.99 Å². The van der Waals surface area contributed by atoms with Crippen LogP contribution in [0.25, 0.3) is 0 Å². The fourth-order valence-electron chi connectivity index (χ4n) is 3.91. The van der Waals surface area contributed by atoms with Crippen molar-refractivity contribution in [3.05, 3.63) is 0 Å². The highest BCUT2D eigenvalue weighted by Crippen LogP contribution is 2.20. The van der Waals surface area contributed by atoms with Gasteiger partial charge in [-0.05, 0) is 38.6 Å². The number of piperazine rings is 1. The van der Waals surface area contributed by atoms with E-state index in [1.165, 1.54) is 26.2 Å². The summed E-state index contributed by atoms with van der Waals surface area (Å²) in [5, 5.41) is 6.20. The first-order valence-corrected chi connectivity index (χ1v) is 10.7. The van der Waals surface area contributed by atoms with Gasteiger partial charge in [0.1, 0.15) is 0 Å². The number of likely N-dealkylation sites (N-methyl/N-ethyl adjacent to an activating group) is 1. The lowest BCUT2D eigenvalue weighted by Gasteiger charge is -2.35. The third-order valence-corrected chi connectivity index (χ3v) is 5.72. The quantitative estimate of drug-likeness (QED) is 0.502. The Bertz CT molecular complexity index is 467. The lowest BCUT2D eigenvalue weighted by molar-refractivity contribution is -0.121. The number of rotatable bonds is 7. The number of likely N-dealkylation sites (tertiary alicyclic amines) is 1. The first kappa shape index (κ1) is 22.0. The molecule has 2 heterocycles. The van der Waals surface area contributed by atoms with Crippen LogP contribution in [0.5, 0.6) is 0 Å². The summed E-state index contributed by atoms with van der Waals surface area (Å²) in [5.41, 5.74) is 0. The van der Waals surface area contributed by atoms with Gasteiger partial charge in [-0.1, -0.05) is 6.92 Å². The maximum Gasteiger partial charge on any atom is 0.220 e. The van der Waals surface area contributed by atoms with Crippen LogP contribution >= 0.6 is 0 Å². The second-order valence-electron chi connectivity index (χ2n) is 8.21. The third-order valence-electron chi connectivity index (χ3n) is 5.72. The van der Waals surface area contributed by atoms with E-state index in [1.807, 2.05) is 0 Å². The minimum atomic E-state index is 0.159. The number of aliphatic imine (C=N–C) groups is 1. The van der Waals surface area contributed by atoms with Gasteiger partial charge in [0.15, 0.2) is 5.96 Å². The van der Waals surface area contributed by atoms with Gasteiger partial charge in [0, 0.05) is 72.4 Å². The highest BCUT2D eigenvalue weighted by atomic mass is 16.1. The summed E-state index contributed by atoms with van der Waals surface area (Å²) in [4.78, 5) is 23.9. The van der Waals surface area contributed by atoms with E-state index in [9.17, 15) is 4.79 Å². The zero-order chi connectivity index (χ0) is 19.6. The standard InChI is InChI=1S/C20H40N6O/c1-5-22-20(26-8-6-18(7-9-26)14-19(27)21-3)23-15-17(2)16-25-12-10-24(4)11-13-25/h17-18H,5-16H2,1-4H3,(H,21,27)(H,22,23). The van der Waals surface area contributed by atoms with Crippen LogP contribution < -0.4 is 10.6 Å². The average molecular weight is 381 g/mol. The lowest BCUT2D eigenvalue weighted by Crippen LogP contribution is -2.47. The van der Waals surface area contributed by atoms with Gasteiger partial charge in [-0.3, -0.25) is 9.79 Å². The van der Waals surface area contributed by atoms with Crippen molar-refractivity contribution in [1.82, 2.24) is 25.3 Å². The normalized spacial score (nSPS) is 21.9. The van der Waals surface area contributed by atoms with Crippen LogP contribution in [0.2, 0.25) is 0 Å². The van der Waals surface area contributed by atoms with Crippen molar-refractivity contribution in [2.24, 2.45) is 16.8 Å². The molecule has 0 bridgehead atoms. The SMILES string of the molecule is CCNC(=NCC(C)CN1CCN(C)CC1)N1CCC(CC(=O)NC)CC1. The Morgan fingerprint density at radius 1 is 1.15 bits per heavy atom.